The molecule has 7 heteroatoms. The summed E-state index contributed by atoms with van der Waals surface area (Å²) in [6.45, 7) is 2.96. The van der Waals surface area contributed by atoms with Crippen molar-refractivity contribution in [1.29, 1.82) is 0 Å². The number of hydrogen-bond acceptors (Lipinski definition) is 3. The maximum Gasteiger partial charge on any atom is 0.260 e. The average Bonchev–Trinajstić information content (AvgIpc) is 2.50. The van der Waals surface area contributed by atoms with Crippen molar-refractivity contribution in [2.75, 3.05) is 13.2 Å². The van der Waals surface area contributed by atoms with E-state index in [4.69, 9.17) is 9.47 Å². The van der Waals surface area contributed by atoms with Crippen molar-refractivity contribution in [3.8, 4) is 5.75 Å². The van der Waals surface area contributed by atoms with Gasteiger partial charge in [0.1, 0.15) is 0 Å². The number of rotatable bonds is 6. The summed E-state index contributed by atoms with van der Waals surface area (Å²) in [7, 11) is 0. The molecule has 1 fully saturated rings. The zero-order valence-electron chi connectivity index (χ0n) is 12.6. The van der Waals surface area contributed by atoms with Gasteiger partial charge in [0.2, 0.25) is 0 Å². The summed E-state index contributed by atoms with van der Waals surface area (Å²) in [6, 6.07) is 2.03. The van der Waals surface area contributed by atoms with Crippen LogP contribution in [0.3, 0.4) is 0 Å². The Kier molecular flexibility index (Phi) is 6.41. The predicted molar refractivity (Wildman–Crippen MR) is 75.2 cm³/mol. The Morgan fingerprint density at radius 1 is 1.22 bits per heavy atom. The Morgan fingerprint density at radius 2 is 1.83 bits per heavy atom. The number of halogens is 4. The molecule has 0 amide bonds. The van der Waals surface area contributed by atoms with Gasteiger partial charge in [-0.1, -0.05) is 13.3 Å². The Balaban J connectivity index is 2.05. The van der Waals surface area contributed by atoms with Crippen molar-refractivity contribution in [3.05, 3.63) is 41.7 Å². The van der Waals surface area contributed by atoms with Gasteiger partial charge in [0.15, 0.2) is 23.7 Å². The normalized spacial score (nSPS) is 22.0. The molecule has 1 aromatic carbocycles. The lowest BCUT2D eigenvalue weighted by atomic mass is 10.1. The first-order valence-corrected chi connectivity index (χ1v) is 7.34. The molecule has 0 aromatic heterocycles. The van der Waals surface area contributed by atoms with Crippen LogP contribution in [0.5, 0.6) is 5.75 Å². The van der Waals surface area contributed by atoms with Crippen LogP contribution in [0.1, 0.15) is 31.6 Å². The van der Waals surface area contributed by atoms with E-state index in [1.165, 1.54) is 0 Å². The molecule has 0 saturated carbocycles. The van der Waals surface area contributed by atoms with Gasteiger partial charge in [-0.15, -0.1) is 0 Å². The first kappa shape index (κ1) is 17.7. The fraction of sp³-hybridized carbons (Fsp3) is 0.500. The molecule has 0 radical (unpaired) electrons. The van der Waals surface area contributed by atoms with Gasteiger partial charge in [-0.25, -0.2) is 17.6 Å². The second kappa shape index (κ2) is 8.31. The molecule has 0 atom stereocenters. The van der Waals surface area contributed by atoms with Crippen LogP contribution >= 0.6 is 0 Å². The zero-order chi connectivity index (χ0) is 16.8. The smallest absolute Gasteiger partial charge is 0.260 e. The van der Waals surface area contributed by atoms with Gasteiger partial charge < -0.3 is 14.2 Å². The Morgan fingerprint density at radius 3 is 2.35 bits per heavy atom. The maximum atomic E-state index is 13.9. The summed E-state index contributed by atoms with van der Waals surface area (Å²) in [6.07, 6.45) is -0.719. The van der Waals surface area contributed by atoms with Crippen LogP contribution in [0.2, 0.25) is 0 Å². The molecule has 1 aliphatic heterocycles. The molecule has 0 spiro atoms. The van der Waals surface area contributed by atoms with Crippen molar-refractivity contribution in [2.45, 2.75) is 32.5 Å². The molecule has 0 bridgehead atoms. The monoisotopic (exact) mass is 334 g/mol. The van der Waals surface area contributed by atoms with Crippen molar-refractivity contribution in [3.63, 3.8) is 0 Å². The lowest BCUT2D eigenvalue weighted by Crippen LogP contribution is -2.27. The van der Waals surface area contributed by atoms with Crippen molar-refractivity contribution >= 4 is 0 Å². The highest BCUT2D eigenvalue weighted by molar-refractivity contribution is 5.32. The van der Waals surface area contributed by atoms with Crippen LogP contribution in [0.15, 0.2) is 24.5 Å². The number of hydrogen-bond donors (Lipinski definition) is 0. The van der Waals surface area contributed by atoms with Crippen LogP contribution in [0, 0.1) is 17.6 Å². The van der Waals surface area contributed by atoms with E-state index in [1.54, 1.807) is 0 Å². The molecule has 1 aromatic rings. The largest absolute Gasteiger partial charge is 0.459 e. The minimum atomic E-state index is -2.76. The fourth-order valence-electron chi connectivity index (χ4n) is 2.31. The molecule has 1 heterocycles. The van der Waals surface area contributed by atoms with E-state index >= 15 is 0 Å². The summed E-state index contributed by atoms with van der Waals surface area (Å²) in [5.41, 5.74) is 0.181. The lowest BCUT2D eigenvalue weighted by Gasteiger charge is -2.29. The second-order valence-electron chi connectivity index (χ2n) is 5.25. The van der Waals surface area contributed by atoms with Crippen LogP contribution in [-0.2, 0) is 9.47 Å². The third kappa shape index (κ3) is 4.94. The van der Waals surface area contributed by atoms with E-state index in [-0.39, 0.29) is 11.5 Å². The van der Waals surface area contributed by atoms with E-state index in [0.29, 0.717) is 25.6 Å². The first-order chi connectivity index (χ1) is 11.0. The van der Waals surface area contributed by atoms with Crippen molar-refractivity contribution in [1.82, 2.24) is 0 Å². The quantitative estimate of drug-likeness (QED) is 0.563. The van der Waals surface area contributed by atoms with E-state index in [9.17, 15) is 17.6 Å². The van der Waals surface area contributed by atoms with Crippen LogP contribution in [0.4, 0.5) is 17.6 Å². The first-order valence-electron chi connectivity index (χ1n) is 7.34. The summed E-state index contributed by atoms with van der Waals surface area (Å²) < 4.78 is 67.2. The Hall–Kier alpha value is -1.60. The average molecular weight is 334 g/mol. The Bertz CT molecular complexity index is 517. The molecular weight excluding hydrogens is 316 g/mol. The SMILES string of the molecule is CCCC1COC(c2cc(F)c(OC=CC(F)F)c(F)c2)OC1. The number of alkyl halides is 2. The van der Waals surface area contributed by atoms with Gasteiger partial charge >= 0.3 is 0 Å². The minimum absolute atomic E-state index is 0.181. The lowest BCUT2D eigenvalue weighted by molar-refractivity contribution is -0.206. The van der Waals surface area contributed by atoms with E-state index in [0.717, 1.165) is 25.0 Å². The van der Waals surface area contributed by atoms with Crippen molar-refractivity contribution < 1.29 is 31.8 Å². The maximum absolute atomic E-state index is 13.9. The van der Waals surface area contributed by atoms with Gasteiger partial charge in [0, 0.05) is 17.6 Å². The summed E-state index contributed by atoms with van der Waals surface area (Å²) in [5, 5.41) is 0. The summed E-state index contributed by atoms with van der Waals surface area (Å²) in [5.74, 6) is -2.50. The van der Waals surface area contributed by atoms with Crippen molar-refractivity contribution in [2.24, 2.45) is 5.92 Å². The molecular formula is C16H18F4O3. The number of ether oxygens (including phenoxy) is 3. The minimum Gasteiger partial charge on any atom is -0.459 e. The molecule has 1 saturated heterocycles. The summed E-state index contributed by atoms with van der Waals surface area (Å²) >= 11 is 0. The van der Waals surface area contributed by atoms with Gasteiger partial charge in [0.25, 0.3) is 6.43 Å². The standard InChI is InChI=1S/C16H18F4O3/c1-2-3-10-8-22-16(23-9-10)11-6-12(17)15(13(18)7-11)21-5-4-14(19)20/h4-7,10,14,16H,2-3,8-9H2,1H3. The Labute approximate surface area is 131 Å². The predicted octanol–water partition coefficient (Wildman–Crippen LogP) is 4.58. The van der Waals surface area contributed by atoms with Gasteiger partial charge in [-0.2, -0.15) is 0 Å². The van der Waals surface area contributed by atoms with Crippen LogP contribution in [0.25, 0.3) is 0 Å². The van der Waals surface area contributed by atoms with Gasteiger partial charge in [0.05, 0.1) is 19.5 Å². The highest BCUT2D eigenvalue weighted by Crippen LogP contribution is 2.31. The molecule has 2 rings (SSSR count). The topological polar surface area (TPSA) is 27.7 Å². The number of allylic oxidation sites excluding steroid dienone is 1. The third-order valence-corrected chi connectivity index (χ3v) is 3.37. The van der Waals surface area contributed by atoms with Gasteiger partial charge in [-0.3, -0.25) is 0 Å². The molecule has 128 valence electrons. The molecule has 0 unspecified atom stereocenters. The highest BCUT2D eigenvalue weighted by atomic mass is 19.3. The van der Waals surface area contributed by atoms with Gasteiger partial charge in [-0.05, 0) is 18.6 Å². The summed E-state index contributed by atoms with van der Waals surface area (Å²) in [4.78, 5) is 0. The molecule has 23 heavy (non-hydrogen) atoms. The molecule has 1 aliphatic rings. The van der Waals surface area contributed by atoms with E-state index < -0.39 is 30.1 Å². The second-order valence-corrected chi connectivity index (χ2v) is 5.25. The highest BCUT2D eigenvalue weighted by Gasteiger charge is 2.25. The van der Waals surface area contributed by atoms with Crippen LogP contribution in [-0.4, -0.2) is 19.6 Å². The third-order valence-electron chi connectivity index (χ3n) is 3.37. The van der Waals surface area contributed by atoms with Crippen LogP contribution < -0.4 is 4.74 Å². The molecule has 0 N–H and O–H groups in total. The molecule has 0 aliphatic carbocycles. The molecule has 3 nitrogen and oxygen atoms in total. The fourth-order valence-corrected chi connectivity index (χ4v) is 2.31. The van der Waals surface area contributed by atoms with E-state index in [2.05, 4.69) is 11.7 Å². The van der Waals surface area contributed by atoms with E-state index in [1.807, 2.05) is 0 Å². The zero-order valence-corrected chi connectivity index (χ0v) is 12.6. The number of benzene rings is 1.